The van der Waals surface area contributed by atoms with E-state index in [0.29, 0.717) is 0 Å². The number of nitrogens with two attached hydrogens (primary N) is 1. The fourth-order valence-electron chi connectivity index (χ4n) is 2.59. The lowest BCUT2D eigenvalue weighted by Crippen LogP contribution is -2.32. The maximum absolute atomic E-state index is 6.40. The third kappa shape index (κ3) is 4.08. The summed E-state index contributed by atoms with van der Waals surface area (Å²) in [4.78, 5) is 2.34. The highest BCUT2D eigenvalue weighted by Crippen LogP contribution is 2.20. The fraction of sp³-hybridized carbons (Fsp3) is 0.368. The Morgan fingerprint density at radius 3 is 2.33 bits per heavy atom. The zero-order valence-electron chi connectivity index (χ0n) is 13.3. The second kappa shape index (κ2) is 7.28. The molecule has 0 saturated carbocycles. The molecule has 0 radical (unpaired) electrons. The average Bonchev–Trinajstić information content (AvgIpc) is 2.52. The molecule has 0 aliphatic heterocycles. The molecule has 0 aromatic heterocycles. The van der Waals surface area contributed by atoms with E-state index in [1.54, 1.807) is 0 Å². The molecule has 0 spiro atoms. The number of nitrogens with zero attached hydrogens (tertiary/aromatic N) is 1. The molecule has 2 aromatic carbocycles. The minimum Gasteiger partial charge on any atom is -0.370 e. The van der Waals surface area contributed by atoms with E-state index in [9.17, 15) is 0 Å². The second-order valence-electron chi connectivity index (χ2n) is 5.58. The van der Waals surface area contributed by atoms with Gasteiger partial charge in [0.15, 0.2) is 0 Å². The number of aryl methyl sites for hydroxylation is 2. The van der Waals surface area contributed by atoms with Crippen molar-refractivity contribution in [1.82, 2.24) is 0 Å². The molecular formula is C19H26N2. The molecule has 1 atom stereocenters. The molecule has 0 amide bonds. The van der Waals surface area contributed by atoms with Crippen LogP contribution < -0.4 is 10.6 Å². The van der Waals surface area contributed by atoms with Gasteiger partial charge < -0.3 is 10.6 Å². The Kier molecular flexibility index (Phi) is 5.40. The summed E-state index contributed by atoms with van der Waals surface area (Å²) in [5, 5.41) is 0. The Morgan fingerprint density at radius 1 is 1.05 bits per heavy atom. The van der Waals surface area contributed by atoms with E-state index in [1.165, 1.54) is 22.4 Å². The zero-order chi connectivity index (χ0) is 15.2. The Labute approximate surface area is 128 Å². The van der Waals surface area contributed by atoms with Gasteiger partial charge in [-0.15, -0.1) is 0 Å². The van der Waals surface area contributed by atoms with Crippen molar-refractivity contribution in [2.24, 2.45) is 5.73 Å². The van der Waals surface area contributed by atoms with Crippen LogP contribution in [0.15, 0.2) is 48.5 Å². The van der Waals surface area contributed by atoms with Gasteiger partial charge in [-0.3, -0.25) is 0 Å². The first kappa shape index (κ1) is 15.6. The van der Waals surface area contributed by atoms with Gasteiger partial charge >= 0.3 is 0 Å². The number of hydrogen-bond donors (Lipinski definition) is 1. The van der Waals surface area contributed by atoms with Crippen LogP contribution >= 0.6 is 0 Å². The first-order valence-electron chi connectivity index (χ1n) is 7.80. The lowest BCUT2D eigenvalue weighted by molar-refractivity contribution is 0.676. The largest absolute Gasteiger partial charge is 0.370 e. The van der Waals surface area contributed by atoms with E-state index in [1.807, 2.05) is 0 Å². The molecule has 0 bridgehead atoms. The quantitative estimate of drug-likeness (QED) is 0.865. The van der Waals surface area contributed by atoms with Crippen LogP contribution in [0.25, 0.3) is 0 Å². The number of likely N-dealkylation sites (N-methyl/N-ethyl adjacent to an activating group) is 1. The highest BCUT2D eigenvalue weighted by Gasteiger charge is 2.12. The van der Waals surface area contributed by atoms with Crippen molar-refractivity contribution in [3.8, 4) is 0 Å². The summed E-state index contributed by atoms with van der Waals surface area (Å²) < 4.78 is 0. The van der Waals surface area contributed by atoms with Crippen molar-refractivity contribution in [2.45, 2.75) is 33.2 Å². The molecule has 2 nitrogen and oxygen atoms in total. The van der Waals surface area contributed by atoms with E-state index < -0.39 is 0 Å². The summed E-state index contributed by atoms with van der Waals surface area (Å²) in [5.74, 6) is 0. The molecule has 2 aromatic rings. The molecule has 0 aliphatic rings. The maximum Gasteiger partial charge on any atom is 0.0473 e. The summed E-state index contributed by atoms with van der Waals surface area (Å²) in [6.07, 6.45) is 1.07. The van der Waals surface area contributed by atoms with Gasteiger partial charge in [0.2, 0.25) is 0 Å². The second-order valence-corrected chi connectivity index (χ2v) is 5.58. The molecule has 2 heteroatoms. The van der Waals surface area contributed by atoms with E-state index in [0.717, 1.165) is 19.5 Å². The zero-order valence-corrected chi connectivity index (χ0v) is 13.3. The van der Waals surface area contributed by atoms with Crippen molar-refractivity contribution in [3.63, 3.8) is 0 Å². The monoisotopic (exact) mass is 282 g/mol. The van der Waals surface area contributed by atoms with E-state index in [4.69, 9.17) is 5.73 Å². The molecule has 112 valence electrons. The summed E-state index contributed by atoms with van der Waals surface area (Å²) in [6, 6.07) is 17.3. The number of anilines is 1. The molecular weight excluding hydrogens is 256 g/mol. The Bertz CT molecular complexity index is 560. The molecule has 0 fully saturated rings. The minimum absolute atomic E-state index is 0.0383. The average molecular weight is 282 g/mol. The van der Waals surface area contributed by atoms with Crippen LogP contribution in [0.5, 0.6) is 0 Å². The first-order chi connectivity index (χ1) is 10.1. The van der Waals surface area contributed by atoms with Gasteiger partial charge in [0.1, 0.15) is 0 Å². The molecule has 0 saturated heterocycles. The summed E-state index contributed by atoms with van der Waals surface area (Å²) in [5.41, 5.74) is 11.5. The molecule has 2 N–H and O–H groups in total. The maximum atomic E-state index is 6.40. The van der Waals surface area contributed by atoms with Crippen molar-refractivity contribution in [2.75, 3.05) is 18.0 Å². The van der Waals surface area contributed by atoms with Crippen molar-refractivity contribution >= 4 is 5.69 Å². The van der Waals surface area contributed by atoms with Gasteiger partial charge in [0.25, 0.3) is 0 Å². The van der Waals surface area contributed by atoms with Crippen LogP contribution in [0.2, 0.25) is 0 Å². The van der Waals surface area contributed by atoms with Gasteiger partial charge in [-0.05, 0) is 49.1 Å². The van der Waals surface area contributed by atoms with Crippen LogP contribution in [0.1, 0.15) is 36.6 Å². The lowest BCUT2D eigenvalue weighted by atomic mass is 10.0. The van der Waals surface area contributed by atoms with Crippen molar-refractivity contribution in [1.29, 1.82) is 0 Å². The SMILES string of the molecule is CCc1ccc(C(N)CN(CC)c2cccc(C)c2)cc1. The fourth-order valence-corrected chi connectivity index (χ4v) is 2.59. The van der Waals surface area contributed by atoms with Gasteiger partial charge in [0.05, 0.1) is 0 Å². The van der Waals surface area contributed by atoms with Crippen molar-refractivity contribution in [3.05, 3.63) is 65.2 Å². The number of rotatable bonds is 6. The molecule has 21 heavy (non-hydrogen) atoms. The topological polar surface area (TPSA) is 29.3 Å². The standard InChI is InChI=1S/C19H26N2/c1-4-16-9-11-17(12-10-16)19(20)14-21(5-2)18-8-6-7-15(3)13-18/h6-13,19H,4-5,14,20H2,1-3H3. The third-order valence-corrected chi connectivity index (χ3v) is 3.98. The van der Waals surface area contributed by atoms with Gasteiger partial charge in [0, 0.05) is 24.8 Å². The Morgan fingerprint density at radius 2 is 1.76 bits per heavy atom. The third-order valence-electron chi connectivity index (χ3n) is 3.98. The van der Waals surface area contributed by atoms with Crippen LogP contribution in [-0.2, 0) is 6.42 Å². The van der Waals surface area contributed by atoms with Crippen molar-refractivity contribution < 1.29 is 0 Å². The minimum atomic E-state index is 0.0383. The van der Waals surface area contributed by atoms with Crippen LogP contribution in [-0.4, -0.2) is 13.1 Å². The highest BCUT2D eigenvalue weighted by atomic mass is 15.1. The lowest BCUT2D eigenvalue weighted by Gasteiger charge is -2.27. The van der Waals surface area contributed by atoms with Gasteiger partial charge in [-0.1, -0.05) is 43.3 Å². The number of hydrogen-bond acceptors (Lipinski definition) is 2. The summed E-state index contributed by atoms with van der Waals surface area (Å²) >= 11 is 0. The molecule has 2 rings (SSSR count). The van der Waals surface area contributed by atoms with Crippen LogP contribution in [0, 0.1) is 6.92 Å². The molecule has 0 aliphatic carbocycles. The molecule has 1 unspecified atom stereocenters. The van der Waals surface area contributed by atoms with E-state index in [2.05, 4.69) is 74.2 Å². The Hall–Kier alpha value is -1.80. The normalized spacial score (nSPS) is 12.2. The Balaban J connectivity index is 2.10. The van der Waals surface area contributed by atoms with E-state index in [-0.39, 0.29) is 6.04 Å². The predicted octanol–water partition coefficient (Wildman–Crippen LogP) is 4.08. The molecule has 0 heterocycles. The predicted molar refractivity (Wildman–Crippen MR) is 91.8 cm³/mol. The van der Waals surface area contributed by atoms with Crippen LogP contribution in [0.3, 0.4) is 0 Å². The summed E-state index contributed by atoms with van der Waals surface area (Å²) in [7, 11) is 0. The van der Waals surface area contributed by atoms with Gasteiger partial charge in [-0.2, -0.15) is 0 Å². The smallest absolute Gasteiger partial charge is 0.0473 e. The number of benzene rings is 2. The highest BCUT2D eigenvalue weighted by molar-refractivity contribution is 5.48. The van der Waals surface area contributed by atoms with E-state index >= 15 is 0 Å². The summed E-state index contributed by atoms with van der Waals surface area (Å²) in [6.45, 7) is 8.27. The van der Waals surface area contributed by atoms with Crippen LogP contribution in [0.4, 0.5) is 5.69 Å². The van der Waals surface area contributed by atoms with Gasteiger partial charge in [-0.25, -0.2) is 0 Å². The first-order valence-corrected chi connectivity index (χ1v) is 7.80.